The Kier molecular flexibility index (Phi) is 4.01. The van der Waals surface area contributed by atoms with E-state index in [0.29, 0.717) is 12.5 Å². The van der Waals surface area contributed by atoms with E-state index in [1.54, 1.807) is 6.07 Å². The first-order valence-corrected chi connectivity index (χ1v) is 7.02. The summed E-state index contributed by atoms with van der Waals surface area (Å²) >= 11 is 0. The molecule has 0 radical (unpaired) electrons. The Bertz CT molecular complexity index is 598. The third-order valence-electron chi connectivity index (χ3n) is 3.74. The highest BCUT2D eigenvalue weighted by molar-refractivity contribution is 5.22. The Labute approximate surface area is 123 Å². The topological polar surface area (TPSA) is 64.5 Å². The second-order valence-corrected chi connectivity index (χ2v) is 5.22. The maximum absolute atomic E-state index is 9.55. The first-order valence-electron chi connectivity index (χ1n) is 7.02. The number of hydrogen-bond acceptors (Lipinski definition) is 5. The van der Waals surface area contributed by atoms with Crippen molar-refractivity contribution in [1.29, 1.82) is 0 Å². The van der Waals surface area contributed by atoms with Gasteiger partial charge in [0.15, 0.2) is 0 Å². The molecule has 0 unspecified atom stereocenters. The van der Waals surface area contributed by atoms with Gasteiger partial charge < -0.3 is 14.6 Å². The third kappa shape index (κ3) is 3.31. The van der Waals surface area contributed by atoms with Gasteiger partial charge in [0.2, 0.25) is 5.88 Å². The van der Waals surface area contributed by atoms with Gasteiger partial charge in [0.25, 0.3) is 0 Å². The Balaban J connectivity index is 1.52. The molecule has 1 fully saturated rings. The maximum Gasteiger partial charge on any atom is 0.319 e. The van der Waals surface area contributed by atoms with E-state index >= 15 is 0 Å². The molecule has 0 amide bonds. The summed E-state index contributed by atoms with van der Waals surface area (Å²) in [6.45, 7) is 0.635. The summed E-state index contributed by atoms with van der Waals surface area (Å²) in [6, 6.07) is 11.9. The van der Waals surface area contributed by atoms with Gasteiger partial charge in [0.1, 0.15) is 0 Å². The van der Waals surface area contributed by atoms with Crippen molar-refractivity contribution in [3.8, 4) is 11.9 Å². The first-order chi connectivity index (χ1) is 10.2. The van der Waals surface area contributed by atoms with E-state index in [9.17, 15) is 5.11 Å². The largest absolute Gasteiger partial charge is 0.493 e. The lowest BCUT2D eigenvalue weighted by Gasteiger charge is -2.34. The van der Waals surface area contributed by atoms with Crippen molar-refractivity contribution in [3.63, 3.8) is 0 Å². The maximum atomic E-state index is 9.55. The van der Waals surface area contributed by atoms with Gasteiger partial charge in [-0.15, -0.1) is 0 Å². The second-order valence-electron chi connectivity index (χ2n) is 5.22. The number of aromatic hydroxyl groups is 1. The molecule has 1 saturated carbocycles. The van der Waals surface area contributed by atoms with Gasteiger partial charge in [-0.3, -0.25) is 0 Å². The van der Waals surface area contributed by atoms with Crippen LogP contribution in [0.1, 0.15) is 30.0 Å². The number of ether oxygens (including phenoxy) is 2. The number of nitrogens with zero attached hydrogens (tertiary/aromatic N) is 2. The molecule has 0 bridgehead atoms. The van der Waals surface area contributed by atoms with Gasteiger partial charge in [-0.1, -0.05) is 30.3 Å². The molecular weight excluding hydrogens is 268 g/mol. The van der Waals surface area contributed by atoms with Crippen LogP contribution in [-0.4, -0.2) is 28.3 Å². The van der Waals surface area contributed by atoms with Gasteiger partial charge >= 0.3 is 6.01 Å². The zero-order chi connectivity index (χ0) is 14.7. The predicted octanol–water partition coefficient (Wildman–Crippen LogP) is 2.65. The summed E-state index contributed by atoms with van der Waals surface area (Å²) < 4.78 is 10.8. The van der Waals surface area contributed by atoms with Crippen LogP contribution in [0, 0.1) is 0 Å². The van der Waals surface area contributed by atoms with Crippen molar-refractivity contribution in [2.45, 2.75) is 31.5 Å². The van der Waals surface area contributed by atoms with Crippen molar-refractivity contribution in [3.05, 3.63) is 47.7 Å². The second kappa shape index (κ2) is 6.10. The van der Waals surface area contributed by atoms with Crippen molar-refractivity contribution >= 4 is 0 Å². The average molecular weight is 286 g/mol. The Morgan fingerprint density at radius 3 is 2.67 bits per heavy atom. The summed E-state index contributed by atoms with van der Waals surface area (Å²) in [7, 11) is 1.49. The van der Waals surface area contributed by atoms with Crippen molar-refractivity contribution in [2.75, 3.05) is 7.11 Å². The number of methoxy groups -OCH3 is 1. The standard InChI is InChI=1S/C16H18N2O3/c1-20-16-17-14(9-15(19)18-16)12-7-13(8-12)21-10-11-5-3-2-4-6-11/h2-6,9,12-13H,7-8,10H2,1H3,(H,17,18,19)/t12-,13-. The van der Waals surface area contributed by atoms with Crippen molar-refractivity contribution < 1.29 is 14.6 Å². The highest BCUT2D eigenvalue weighted by Gasteiger charge is 2.32. The fourth-order valence-corrected chi connectivity index (χ4v) is 2.46. The minimum atomic E-state index is -0.0505. The Morgan fingerprint density at radius 1 is 1.19 bits per heavy atom. The van der Waals surface area contributed by atoms with Crippen LogP contribution in [0.15, 0.2) is 36.4 Å². The molecule has 0 atom stereocenters. The SMILES string of the molecule is COc1nc(O)cc([C@H]2C[C@H](OCc3ccccc3)C2)n1. The van der Waals surface area contributed by atoms with Gasteiger partial charge in [-0.25, -0.2) is 0 Å². The molecule has 110 valence electrons. The molecule has 1 heterocycles. The molecule has 3 rings (SSSR count). The summed E-state index contributed by atoms with van der Waals surface area (Å²) in [6.07, 6.45) is 2.07. The summed E-state index contributed by atoms with van der Waals surface area (Å²) in [5.41, 5.74) is 2.00. The molecular formula is C16H18N2O3. The fraction of sp³-hybridized carbons (Fsp3) is 0.375. The van der Waals surface area contributed by atoms with Crippen LogP contribution in [-0.2, 0) is 11.3 Å². The lowest BCUT2D eigenvalue weighted by molar-refractivity contribution is -0.0216. The number of hydrogen-bond donors (Lipinski definition) is 1. The predicted molar refractivity (Wildman–Crippen MR) is 77.2 cm³/mol. The van der Waals surface area contributed by atoms with Crippen LogP contribution in [0.25, 0.3) is 0 Å². The van der Waals surface area contributed by atoms with Crippen LogP contribution in [0.5, 0.6) is 11.9 Å². The van der Waals surface area contributed by atoms with Crippen molar-refractivity contribution in [2.24, 2.45) is 0 Å². The molecule has 1 aliphatic rings. The Hall–Kier alpha value is -2.14. The van der Waals surface area contributed by atoms with E-state index in [2.05, 4.69) is 22.1 Å². The van der Waals surface area contributed by atoms with Crippen LogP contribution in [0.4, 0.5) is 0 Å². The summed E-state index contributed by atoms with van der Waals surface area (Å²) in [5, 5.41) is 9.55. The molecule has 5 nitrogen and oxygen atoms in total. The monoisotopic (exact) mass is 286 g/mol. The number of aromatic nitrogens is 2. The fourth-order valence-electron chi connectivity index (χ4n) is 2.46. The van der Waals surface area contributed by atoms with Gasteiger partial charge in [-0.2, -0.15) is 9.97 Å². The molecule has 1 N–H and O–H groups in total. The molecule has 5 heteroatoms. The molecule has 0 aliphatic heterocycles. The molecule has 1 aliphatic carbocycles. The molecule has 0 spiro atoms. The minimum Gasteiger partial charge on any atom is -0.493 e. The quantitative estimate of drug-likeness (QED) is 0.915. The minimum absolute atomic E-state index is 0.0505. The highest BCUT2D eigenvalue weighted by atomic mass is 16.5. The van der Waals surface area contributed by atoms with Crippen LogP contribution >= 0.6 is 0 Å². The lowest BCUT2D eigenvalue weighted by atomic mass is 9.80. The van der Waals surface area contributed by atoms with Gasteiger partial charge in [-0.05, 0) is 18.4 Å². The van der Waals surface area contributed by atoms with E-state index < -0.39 is 0 Å². The molecule has 2 aromatic rings. The average Bonchev–Trinajstić information content (AvgIpc) is 2.46. The summed E-state index contributed by atoms with van der Waals surface area (Å²) in [4.78, 5) is 8.06. The van der Waals surface area contributed by atoms with E-state index in [-0.39, 0.29) is 18.0 Å². The summed E-state index contributed by atoms with van der Waals surface area (Å²) in [5.74, 6) is 0.249. The van der Waals surface area contributed by atoms with Gasteiger partial charge in [0, 0.05) is 12.0 Å². The third-order valence-corrected chi connectivity index (χ3v) is 3.74. The molecule has 1 aromatic heterocycles. The Morgan fingerprint density at radius 2 is 1.95 bits per heavy atom. The number of rotatable bonds is 5. The highest BCUT2D eigenvalue weighted by Crippen LogP contribution is 2.39. The van der Waals surface area contributed by atoms with E-state index in [1.807, 2.05) is 18.2 Å². The van der Waals surface area contributed by atoms with E-state index in [0.717, 1.165) is 18.5 Å². The van der Waals surface area contributed by atoms with Crippen molar-refractivity contribution in [1.82, 2.24) is 9.97 Å². The van der Waals surface area contributed by atoms with Crippen LogP contribution in [0.2, 0.25) is 0 Å². The zero-order valence-electron chi connectivity index (χ0n) is 11.9. The smallest absolute Gasteiger partial charge is 0.319 e. The molecule has 1 aromatic carbocycles. The lowest BCUT2D eigenvalue weighted by Crippen LogP contribution is -2.30. The first kappa shape index (κ1) is 13.8. The zero-order valence-corrected chi connectivity index (χ0v) is 11.9. The molecule has 0 saturated heterocycles. The van der Waals surface area contributed by atoms with E-state index in [1.165, 1.54) is 12.7 Å². The van der Waals surface area contributed by atoms with Gasteiger partial charge in [0.05, 0.1) is 25.5 Å². The van der Waals surface area contributed by atoms with Crippen LogP contribution in [0.3, 0.4) is 0 Å². The van der Waals surface area contributed by atoms with E-state index in [4.69, 9.17) is 9.47 Å². The normalized spacial score (nSPS) is 20.8. The van der Waals surface area contributed by atoms with Crippen LogP contribution < -0.4 is 4.74 Å². The molecule has 21 heavy (non-hydrogen) atoms. The number of benzene rings is 1.